The predicted molar refractivity (Wildman–Crippen MR) is 54.1 cm³/mol. The molecule has 1 atom stereocenters. The molecule has 0 radical (unpaired) electrons. The number of carbonyl (C=O) groups is 1. The number of alkyl halides is 1. The summed E-state index contributed by atoms with van der Waals surface area (Å²) in [5.41, 5.74) is -2.61. The quantitative estimate of drug-likeness (QED) is 0.872. The van der Waals surface area contributed by atoms with Crippen molar-refractivity contribution in [2.24, 2.45) is 0 Å². The van der Waals surface area contributed by atoms with E-state index in [2.05, 4.69) is 0 Å². The van der Waals surface area contributed by atoms with Crippen LogP contribution in [0.5, 0.6) is 5.75 Å². The molecule has 0 aliphatic rings. The molecule has 0 saturated heterocycles. The second-order valence-corrected chi connectivity index (χ2v) is 3.54. The highest BCUT2D eigenvalue weighted by atomic mass is 35.5. The van der Waals surface area contributed by atoms with Crippen LogP contribution in [0.4, 0.5) is 4.39 Å². The number of aliphatic carboxylic acids is 1. The SMILES string of the molecule is COc1c(Cl)cccc1C(C)(F)C(=O)O. The van der Waals surface area contributed by atoms with Gasteiger partial charge >= 0.3 is 5.97 Å². The van der Waals surface area contributed by atoms with E-state index in [1.165, 1.54) is 25.3 Å². The summed E-state index contributed by atoms with van der Waals surface area (Å²) >= 11 is 5.76. The maximum absolute atomic E-state index is 13.8. The van der Waals surface area contributed by atoms with E-state index in [1.54, 1.807) is 0 Å². The molecule has 1 unspecified atom stereocenters. The fourth-order valence-corrected chi connectivity index (χ4v) is 1.45. The minimum absolute atomic E-state index is 0.0477. The van der Waals surface area contributed by atoms with E-state index in [0.717, 1.165) is 6.92 Å². The molecular formula is C10H10ClFO3. The number of ether oxygens (including phenoxy) is 1. The first-order chi connectivity index (χ1) is 6.91. The number of hydrogen-bond acceptors (Lipinski definition) is 2. The molecule has 0 amide bonds. The highest BCUT2D eigenvalue weighted by Gasteiger charge is 2.38. The van der Waals surface area contributed by atoms with Crippen LogP contribution in [-0.2, 0) is 10.5 Å². The van der Waals surface area contributed by atoms with E-state index in [9.17, 15) is 9.18 Å². The van der Waals surface area contributed by atoms with Crippen molar-refractivity contribution in [1.29, 1.82) is 0 Å². The van der Waals surface area contributed by atoms with Crippen molar-refractivity contribution in [2.75, 3.05) is 7.11 Å². The van der Waals surface area contributed by atoms with Crippen molar-refractivity contribution in [3.63, 3.8) is 0 Å². The lowest BCUT2D eigenvalue weighted by atomic mass is 9.97. The molecule has 1 N–H and O–H groups in total. The first-order valence-electron chi connectivity index (χ1n) is 4.16. The molecule has 1 aromatic carbocycles. The lowest BCUT2D eigenvalue weighted by molar-refractivity contribution is -0.150. The predicted octanol–water partition coefficient (Wildman–Crippen LogP) is 2.62. The zero-order valence-corrected chi connectivity index (χ0v) is 9.01. The summed E-state index contributed by atoms with van der Waals surface area (Å²) in [6.07, 6.45) is 0. The van der Waals surface area contributed by atoms with Crippen molar-refractivity contribution in [1.82, 2.24) is 0 Å². The number of rotatable bonds is 3. The van der Waals surface area contributed by atoms with Crippen LogP contribution >= 0.6 is 11.6 Å². The molecule has 0 aromatic heterocycles. The summed E-state index contributed by atoms with van der Waals surface area (Å²) in [6, 6.07) is 4.31. The molecule has 0 heterocycles. The van der Waals surface area contributed by atoms with E-state index in [1.807, 2.05) is 0 Å². The monoisotopic (exact) mass is 232 g/mol. The Bertz CT molecular complexity index is 390. The molecule has 0 aliphatic heterocycles. The third-order valence-electron chi connectivity index (χ3n) is 2.08. The second-order valence-electron chi connectivity index (χ2n) is 3.13. The lowest BCUT2D eigenvalue weighted by Gasteiger charge is -2.19. The van der Waals surface area contributed by atoms with Gasteiger partial charge in [0.05, 0.1) is 12.1 Å². The smallest absolute Gasteiger partial charge is 0.346 e. The molecule has 5 heteroatoms. The number of carboxylic acids is 1. The summed E-state index contributed by atoms with van der Waals surface area (Å²) in [6.45, 7) is 0.948. The van der Waals surface area contributed by atoms with Gasteiger partial charge in [0, 0.05) is 5.56 Å². The second kappa shape index (κ2) is 4.06. The molecule has 0 aliphatic carbocycles. The first-order valence-corrected chi connectivity index (χ1v) is 4.54. The van der Waals surface area contributed by atoms with Crippen molar-refractivity contribution in [3.05, 3.63) is 28.8 Å². The number of para-hydroxylation sites is 1. The summed E-state index contributed by atoms with van der Waals surface area (Å²) in [5, 5.41) is 8.91. The fourth-order valence-electron chi connectivity index (χ4n) is 1.20. The molecular weight excluding hydrogens is 223 g/mol. The lowest BCUT2D eigenvalue weighted by Crippen LogP contribution is -2.27. The third kappa shape index (κ3) is 2.04. The third-order valence-corrected chi connectivity index (χ3v) is 2.38. The normalized spacial score (nSPS) is 14.4. The van der Waals surface area contributed by atoms with E-state index < -0.39 is 11.6 Å². The highest BCUT2D eigenvalue weighted by Crippen LogP contribution is 2.37. The van der Waals surface area contributed by atoms with Crippen LogP contribution in [-0.4, -0.2) is 18.2 Å². The Labute approximate surface area is 91.4 Å². The standard InChI is InChI=1S/C10H10ClFO3/c1-10(12,9(13)14)6-4-3-5-7(11)8(6)15-2/h3-5H,1-2H3,(H,13,14). The molecule has 0 spiro atoms. The van der Waals surface area contributed by atoms with Gasteiger partial charge in [-0.2, -0.15) is 0 Å². The largest absolute Gasteiger partial charge is 0.495 e. The molecule has 1 rings (SSSR count). The minimum atomic E-state index is -2.52. The Morgan fingerprint density at radius 1 is 1.60 bits per heavy atom. The molecule has 1 aromatic rings. The van der Waals surface area contributed by atoms with Crippen LogP contribution in [0.3, 0.4) is 0 Å². The number of benzene rings is 1. The maximum Gasteiger partial charge on any atom is 0.346 e. The number of hydrogen-bond donors (Lipinski definition) is 1. The Kier molecular flexibility index (Phi) is 3.19. The zero-order chi connectivity index (χ0) is 11.6. The summed E-state index contributed by atoms with van der Waals surface area (Å²) in [5.74, 6) is -1.53. The van der Waals surface area contributed by atoms with E-state index in [-0.39, 0.29) is 16.3 Å². The van der Waals surface area contributed by atoms with Crippen LogP contribution < -0.4 is 4.74 Å². The van der Waals surface area contributed by atoms with Gasteiger partial charge in [-0.3, -0.25) is 0 Å². The van der Waals surface area contributed by atoms with Crippen LogP contribution in [0.2, 0.25) is 5.02 Å². The van der Waals surface area contributed by atoms with Gasteiger partial charge in [-0.1, -0.05) is 23.7 Å². The molecule has 0 saturated carbocycles. The molecule has 82 valence electrons. The molecule has 0 fully saturated rings. The van der Waals surface area contributed by atoms with E-state index in [4.69, 9.17) is 21.4 Å². The Balaban J connectivity index is 3.37. The van der Waals surface area contributed by atoms with Crippen molar-refractivity contribution in [2.45, 2.75) is 12.6 Å². The first kappa shape index (κ1) is 11.8. The fraction of sp³-hybridized carbons (Fsp3) is 0.300. The Morgan fingerprint density at radius 2 is 2.20 bits per heavy atom. The van der Waals surface area contributed by atoms with Gasteiger partial charge in [0.15, 0.2) is 0 Å². The van der Waals surface area contributed by atoms with Gasteiger partial charge in [-0.25, -0.2) is 9.18 Å². The minimum Gasteiger partial charge on any atom is -0.495 e. The van der Waals surface area contributed by atoms with Crippen LogP contribution in [0.15, 0.2) is 18.2 Å². The average molecular weight is 233 g/mol. The Hall–Kier alpha value is -1.29. The van der Waals surface area contributed by atoms with Gasteiger partial charge < -0.3 is 9.84 Å². The molecule has 15 heavy (non-hydrogen) atoms. The number of carboxylic acid groups (broad SMARTS) is 1. The van der Waals surface area contributed by atoms with Crippen molar-refractivity contribution < 1.29 is 19.0 Å². The van der Waals surface area contributed by atoms with E-state index in [0.29, 0.717) is 0 Å². The van der Waals surface area contributed by atoms with Crippen LogP contribution in [0.25, 0.3) is 0 Å². The topological polar surface area (TPSA) is 46.5 Å². The van der Waals surface area contributed by atoms with Crippen molar-refractivity contribution in [3.8, 4) is 5.75 Å². The van der Waals surface area contributed by atoms with Crippen molar-refractivity contribution >= 4 is 17.6 Å². The molecule has 3 nitrogen and oxygen atoms in total. The van der Waals surface area contributed by atoms with Crippen LogP contribution in [0.1, 0.15) is 12.5 Å². The maximum atomic E-state index is 13.8. The van der Waals surface area contributed by atoms with Crippen LogP contribution in [0, 0.1) is 0 Å². The van der Waals surface area contributed by atoms with Gasteiger partial charge in [0.2, 0.25) is 5.67 Å². The zero-order valence-electron chi connectivity index (χ0n) is 8.25. The van der Waals surface area contributed by atoms with Gasteiger partial charge in [-0.05, 0) is 13.0 Å². The van der Waals surface area contributed by atoms with E-state index >= 15 is 0 Å². The summed E-state index contributed by atoms with van der Waals surface area (Å²) < 4.78 is 18.7. The summed E-state index contributed by atoms with van der Waals surface area (Å²) in [4.78, 5) is 10.7. The summed E-state index contributed by atoms with van der Waals surface area (Å²) in [7, 11) is 1.31. The average Bonchev–Trinajstić information content (AvgIpc) is 2.17. The van der Waals surface area contributed by atoms with Gasteiger partial charge in [-0.15, -0.1) is 0 Å². The number of methoxy groups -OCH3 is 1. The van der Waals surface area contributed by atoms with Gasteiger partial charge in [0.25, 0.3) is 0 Å². The molecule has 0 bridgehead atoms. The Morgan fingerprint density at radius 3 is 2.67 bits per heavy atom. The van der Waals surface area contributed by atoms with Gasteiger partial charge in [0.1, 0.15) is 5.75 Å². The highest BCUT2D eigenvalue weighted by molar-refractivity contribution is 6.32. The number of halogens is 2.